The normalized spacial score (nSPS) is 11.4. The number of aromatic nitrogens is 3. The molecule has 0 atom stereocenters. The minimum absolute atomic E-state index is 0.240. The molecule has 0 aliphatic carbocycles. The van der Waals surface area contributed by atoms with E-state index in [0.29, 0.717) is 12.3 Å². The van der Waals surface area contributed by atoms with E-state index in [4.69, 9.17) is 11.1 Å². The molecule has 0 radical (unpaired) electrons. The van der Waals surface area contributed by atoms with Gasteiger partial charge in [0.15, 0.2) is 0 Å². The van der Waals surface area contributed by atoms with Gasteiger partial charge in [-0.05, 0) is 12.3 Å². The van der Waals surface area contributed by atoms with E-state index < -0.39 is 0 Å². The monoisotopic (exact) mass is 266 g/mol. The molecule has 0 bridgehead atoms. The van der Waals surface area contributed by atoms with Crippen molar-refractivity contribution in [3.8, 4) is 0 Å². The van der Waals surface area contributed by atoms with Crippen LogP contribution in [-0.4, -0.2) is 38.6 Å². The highest BCUT2D eigenvalue weighted by Crippen LogP contribution is 2.06. The second-order valence-electron chi connectivity index (χ2n) is 5.30. The fraction of sp³-hybridized carbons (Fsp3) is 0.769. The first-order chi connectivity index (χ1) is 9.02. The van der Waals surface area contributed by atoms with E-state index in [1.807, 2.05) is 4.68 Å². The Kier molecular flexibility index (Phi) is 6.49. The van der Waals surface area contributed by atoms with Crippen LogP contribution in [0.1, 0.15) is 39.4 Å². The van der Waals surface area contributed by atoms with E-state index in [2.05, 4.69) is 35.8 Å². The number of rotatable bonds is 9. The third-order valence-electron chi connectivity index (χ3n) is 2.82. The number of aryl methyl sites for hydroxylation is 1. The molecule has 0 saturated carbocycles. The summed E-state index contributed by atoms with van der Waals surface area (Å²) >= 11 is 0. The molecule has 0 amide bonds. The molecule has 0 unspecified atom stereocenters. The van der Waals surface area contributed by atoms with Gasteiger partial charge < -0.3 is 5.73 Å². The molecule has 1 rings (SSSR count). The quantitative estimate of drug-likeness (QED) is 0.523. The van der Waals surface area contributed by atoms with Crippen LogP contribution in [-0.2, 0) is 13.1 Å². The summed E-state index contributed by atoms with van der Waals surface area (Å²) in [5.41, 5.74) is 5.45. The lowest BCUT2D eigenvalue weighted by Crippen LogP contribution is -2.32. The average molecular weight is 266 g/mol. The molecule has 0 spiro atoms. The van der Waals surface area contributed by atoms with E-state index >= 15 is 0 Å². The van der Waals surface area contributed by atoms with Gasteiger partial charge in [0.25, 0.3) is 0 Å². The highest BCUT2D eigenvalue weighted by Gasteiger charge is 2.12. The van der Waals surface area contributed by atoms with Crippen LogP contribution in [0.25, 0.3) is 0 Å². The first-order valence-corrected chi connectivity index (χ1v) is 6.94. The van der Waals surface area contributed by atoms with Gasteiger partial charge in [0.1, 0.15) is 12.2 Å². The van der Waals surface area contributed by atoms with E-state index in [9.17, 15) is 0 Å². The minimum atomic E-state index is 0.240. The fourth-order valence-electron chi connectivity index (χ4n) is 2.04. The van der Waals surface area contributed by atoms with Crippen LogP contribution >= 0.6 is 0 Å². The third-order valence-corrected chi connectivity index (χ3v) is 2.82. The maximum absolute atomic E-state index is 7.35. The topological polar surface area (TPSA) is 83.8 Å². The van der Waals surface area contributed by atoms with Crippen molar-refractivity contribution >= 4 is 5.84 Å². The summed E-state index contributed by atoms with van der Waals surface area (Å²) in [7, 11) is 0. The number of amidine groups is 1. The summed E-state index contributed by atoms with van der Waals surface area (Å²) in [6.45, 7) is 9.96. The lowest BCUT2D eigenvalue weighted by atomic mass is 10.2. The van der Waals surface area contributed by atoms with Crippen LogP contribution in [0, 0.1) is 11.3 Å². The van der Waals surface area contributed by atoms with Gasteiger partial charge in [0.2, 0.25) is 0 Å². The Morgan fingerprint density at radius 1 is 1.53 bits per heavy atom. The summed E-state index contributed by atoms with van der Waals surface area (Å²) in [4.78, 5) is 6.63. The molecule has 0 fully saturated rings. The van der Waals surface area contributed by atoms with Crippen molar-refractivity contribution < 1.29 is 0 Å². The fourth-order valence-corrected chi connectivity index (χ4v) is 2.04. The zero-order chi connectivity index (χ0) is 14.3. The maximum Gasteiger partial charge on any atom is 0.141 e. The van der Waals surface area contributed by atoms with Crippen LogP contribution in [0.5, 0.6) is 0 Å². The smallest absolute Gasteiger partial charge is 0.141 e. The molecule has 0 aliphatic heterocycles. The first kappa shape index (κ1) is 15.6. The van der Waals surface area contributed by atoms with Gasteiger partial charge in [-0.1, -0.05) is 20.8 Å². The number of nitrogens with two attached hydrogens (primary N) is 1. The van der Waals surface area contributed by atoms with Gasteiger partial charge in [0, 0.05) is 26.1 Å². The van der Waals surface area contributed by atoms with Crippen molar-refractivity contribution in [2.45, 2.75) is 46.7 Å². The summed E-state index contributed by atoms with van der Waals surface area (Å²) in [6, 6.07) is 0. The number of nitrogens with one attached hydrogen (secondary N) is 1. The molecule has 1 aromatic rings. The zero-order valence-electron chi connectivity index (χ0n) is 12.3. The molecule has 6 heteroatoms. The number of hydrogen-bond acceptors (Lipinski definition) is 4. The Labute approximate surface area is 115 Å². The van der Waals surface area contributed by atoms with E-state index in [-0.39, 0.29) is 5.84 Å². The molecule has 108 valence electrons. The van der Waals surface area contributed by atoms with Crippen LogP contribution in [0.15, 0.2) is 6.33 Å². The zero-order valence-corrected chi connectivity index (χ0v) is 12.3. The molecule has 1 heterocycles. The van der Waals surface area contributed by atoms with Crippen LogP contribution in [0.2, 0.25) is 0 Å². The Balaban J connectivity index is 2.64. The van der Waals surface area contributed by atoms with Crippen molar-refractivity contribution in [2.75, 3.05) is 13.1 Å². The van der Waals surface area contributed by atoms with Crippen molar-refractivity contribution in [3.05, 3.63) is 12.2 Å². The standard InChI is InChI=1S/C13H26N6/c1-4-6-19-13(16-10-17-19)9-18(8-11(2)3)7-5-12(14)15/h10-11H,4-9H2,1-3H3,(H3,14,15). The predicted molar refractivity (Wildman–Crippen MR) is 77.0 cm³/mol. The third kappa shape index (κ3) is 5.83. The summed E-state index contributed by atoms with van der Waals surface area (Å²) in [6.07, 6.45) is 3.27. The van der Waals surface area contributed by atoms with Gasteiger partial charge in [-0.3, -0.25) is 10.3 Å². The molecular formula is C13H26N6. The first-order valence-electron chi connectivity index (χ1n) is 6.94. The second-order valence-corrected chi connectivity index (χ2v) is 5.30. The second kappa shape index (κ2) is 7.89. The lowest BCUT2D eigenvalue weighted by Gasteiger charge is -2.23. The molecule has 0 saturated heterocycles. The Morgan fingerprint density at radius 3 is 2.84 bits per heavy atom. The van der Waals surface area contributed by atoms with Gasteiger partial charge >= 0.3 is 0 Å². The molecule has 1 aromatic heterocycles. The van der Waals surface area contributed by atoms with Crippen molar-refractivity contribution in [3.63, 3.8) is 0 Å². The highest BCUT2D eigenvalue weighted by atomic mass is 15.3. The van der Waals surface area contributed by atoms with Crippen LogP contribution in [0.3, 0.4) is 0 Å². The van der Waals surface area contributed by atoms with Gasteiger partial charge in [-0.15, -0.1) is 0 Å². The van der Waals surface area contributed by atoms with Crippen molar-refractivity contribution in [1.29, 1.82) is 5.41 Å². The number of nitrogens with zero attached hydrogens (tertiary/aromatic N) is 4. The Morgan fingerprint density at radius 2 is 2.26 bits per heavy atom. The maximum atomic E-state index is 7.35. The van der Waals surface area contributed by atoms with Crippen LogP contribution < -0.4 is 5.73 Å². The molecular weight excluding hydrogens is 240 g/mol. The molecule has 6 nitrogen and oxygen atoms in total. The lowest BCUT2D eigenvalue weighted by molar-refractivity contribution is 0.232. The van der Waals surface area contributed by atoms with Crippen LogP contribution in [0.4, 0.5) is 0 Å². The van der Waals surface area contributed by atoms with Gasteiger partial charge in [0.05, 0.1) is 12.4 Å². The predicted octanol–water partition coefficient (Wildman–Crippen LogP) is 1.47. The minimum Gasteiger partial charge on any atom is -0.388 e. The summed E-state index contributed by atoms with van der Waals surface area (Å²) in [5.74, 6) is 1.81. The van der Waals surface area contributed by atoms with Crippen molar-refractivity contribution in [2.24, 2.45) is 11.7 Å². The Bertz CT molecular complexity index is 384. The summed E-state index contributed by atoms with van der Waals surface area (Å²) in [5, 5.41) is 11.6. The summed E-state index contributed by atoms with van der Waals surface area (Å²) < 4.78 is 1.96. The van der Waals surface area contributed by atoms with E-state index in [1.165, 1.54) is 0 Å². The molecule has 0 aliphatic rings. The highest BCUT2D eigenvalue weighted by molar-refractivity contribution is 5.76. The average Bonchev–Trinajstić information content (AvgIpc) is 2.73. The SMILES string of the molecule is CCCn1ncnc1CN(CCC(=N)N)CC(C)C. The Hall–Kier alpha value is -1.43. The van der Waals surface area contributed by atoms with Crippen molar-refractivity contribution in [1.82, 2.24) is 19.7 Å². The molecule has 19 heavy (non-hydrogen) atoms. The van der Waals surface area contributed by atoms with E-state index in [0.717, 1.165) is 38.4 Å². The molecule has 3 N–H and O–H groups in total. The largest absolute Gasteiger partial charge is 0.388 e. The molecule has 0 aromatic carbocycles. The van der Waals surface area contributed by atoms with E-state index in [1.54, 1.807) is 6.33 Å². The van der Waals surface area contributed by atoms with Gasteiger partial charge in [-0.2, -0.15) is 5.10 Å². The number of hydrogen-bond donors (Lipinski definition) is 2. The van der Waals surface area contributed by atoms with Gasteiger partial charge in [-0.25, -0.2) is 9.67 Å².